The summed E-state index contributed by atoms with van der Waals surface area (Å²) in [6, 6.07) is -0.590. The van der Waals surface area contributed by atoms with Crippen molar-refractivity contribution in [1.82, 2.24) is 0 Å². The highest BCUT2D eigenvalue weighted by atomic mass is 16.6. The van der Waals surface area contributed by atoms with Crippen LogP contribution in [0.2, 0.25) is 0 Å². The van der Waals surface area contributed by atoms with Crippen molar-refractivity contribution in [2.24, 2.45) is 11.8 Å². The molecule has 0 radical (unpaired) electrons. The summed E-state index contributed by atoms with van der Waals surface area (Å²) >= 11 is 0. The number of esters is 1. The minimum Gasteiger partial charge on any atom is -0.469 e. The summed E-state index contributed by atoms with van der Waals surface area (Å²) in [6.45, 7) is 1.76. The number of rotatable bonds is 2. The fourth-order valence-electron chi connectivity index (χ4n) is 2.12. The Labute approximate surface area is 82.6 Å². The zero-order chi connectivity index (χ0) is 10.7. The second-order valence-electron chi connectivity index (χ2n) is 3.77. The van der Waals surface area contributed by atoms with Gasteiger partial charge in [-0.25, -0.2) is 0 Å². The van der Waals surface area contributed by atoms with Crippen LogP contribution in [0.5, 0.6) is 0 Å². The molecule has 0 amide bonds. The molecule has 1 aliphatic rings. The van der Waals surface area contributed by atoms with E-state index in [4.69, 9.17) is 0 Å². The van der Waals surface area contributed by atoms with Crippen molar-refractivity contribution in [2.75, 3.05) is 7.11 Å². The topological polar surface area (TPSA) is 69.4 Å². The van der Waals surface area contributed by atoms with E-state index in [1.807, 2.05) is 0 Å². The number of nitrogens with zero attached hydrogens (tertiary/aromatic N) is 1. The van der Waals surface area contributed by atoms with Gasteiger partial charge >= 0.3 is 5.97 Å². The fraction of sp³-hybridized carbons (Fsp3) is 0.889. The molecular formula is C9H15NO4. The average molecular weight is 201 g/mol. The van der Waals surface area contributed by atoms with Crippen molar-refractivity contribution < 1.29 is 14.5 Å². The lowest BCUT2D eigenvalue weighted by Crippen LogP contribution is -2.39. The molecule has 14 heavy (non-hydrogen) atoms. The highest BCUT2D eigenvalue weighted by molar-refractivity contribution is 5.72. The quantitative estimate of drug-likeness (QED) is 0.383. The predicted octanol–water partition coefficient (Wildman–Crippen LogP) is 1.24. The van der Waals surface area contributed by atoms with Gasteiger partial charge < -0.3 is 4.74 Å². The Hall–Kier alpha value is -1.13. The first-order chi connectivity index (χ1) is 6.57. The van der Waals surface area contributed by atoms with Gasteiger partial charge in [0.05, 0.1) is 13.0 Å². The third-order valence-electron chi connectivity index (χ3n) is 3.03. The van der Waals surface area contributed by atoms with Gasteiger partial charge in [0.1, 0.15) is 0 Å². The average Bonchev–Trinajstić information content (AvgIpc) is 2.16. The smallest absolute Gasteiger partial charge is 0.309 e. The van der Waals surface area contributed by atoms with Crippen molar-refractivity contribution >= 4 is 5.97 Å². The number of carbonyl (C=O) groups excluding carboxylic acids is 1. The maximum atomic E-state index is 11.3. The van der Waals surface area contributed by atoms with Crippen LogP contribution in [0.4, 0.5) is 0 Å². The van der Waals surface area contributed by atoms with E-state index >= 15 is 0 Å². The van der Waals surface area contributed by atoms with Crippen LogP contribution >= 0.6 is 0 Å². The van der Waals surface area contributed by atoms with E-state index in [9.17, 15) is 14.9 Å². The molecule has 0 bridgehead atoms. The molecule has 0 aromatic carbocycles. The normalized spacial score (nSPS) is 32.3. The summed E-state index contributed by atoms with van der Waals surface area (Å²) in [5.74, 6) is -0.834. The van der Waals surface area contributed by atoms with Crippen molar-refractivity contribution in [3.05, 3.63) is 10.1 Å². The van der Waals surface area contributed by atoms with Gasteiger partial charge in [-0.15, -0.1) is 0 Å². The molecule has 3 atom stereocenters. The van der Waals surface area contributed by atoms with Gasteiger partial charge in [0, 0.05) is 17.3 Å². The van der Waals surface area contributed by atoms with Gasteiger partial charge in [-0.05, 0) is 12.8 Å². The van der Waals surface area contributed by atoms with Crippen molar-refractivity contribution in [1.29, 1.82) is 0 Å². The SMILES string of the molecule is COC(=O)C1CCCC([N+](=O)[O-])C1C. The minimum atomic E-state index is -0.590. The van der Waals surface area contributed by atoms with Crippen molar-refractivity contribution in [2.45, 2.75) is 32.2 Å². The Morgan fingerprint density at radius 1 is 1.50 bits per heavy atom. The number of hydrogen-bond acceptors (Lipinski definition) is 4. The van der Waals surface area contributed by atoms with Gasteiger partial charge in [-0.2, -0.15) is 0 Å². The lowest BCUT2D eigenvalue weighted by Gasteiger charge is -2.28. The van der Waals surface area contributed by atoms with Gasteiger partial charge in [0.15, 0.2) is 0 Å². The van der Waals surface area contributed by atoms with Crippen molar-refractivity contribution in [3.8, 4) is 0 Å². The number of ether oxygens (including phenoxy) is 1. The first-order valence-electron chi connectivity index (χ1n) is 4.79. The molecule has 0 aliphatic heterocycles. The van der Waals surface area contributed by atoms with E-state index in [1.54, 1.807) is 6.92 Å². The molecule has 0 spiro atoms. The Bertz CT molecular complexity index is 241. The van der Waals surface area contributed by atoms with E-state index in [0.29, 0.717) is 12.8 Å². The van der Waals surface area contributed by atoms with Crippen LogP contribution in [0.15, 0.2) is 0 Å². The van der Waals surface area contributed by atoms with E-state index in [1.165, 1.54) is 7.11 Å². The summed E-state index contributed by atoms with van der Waals surface area (Å²) < 4.78 is 4.63. The number of methoxy groups -OCH3 is 1. The third kappa shape index (κ3) is 2.02. The summed E-state index contributed by atoms with van der Waals surface area (Å²) in [5, 5.41) is 10.7. The number of carbonyl (C=O) groups is 1. The zero-order valence-corrected chi connectivity index (χ0v) is 8.43. The molecule has 80 valence electrons. The molecule has 0 saturated heterocycles. The van der Waals surface area contributed by atoms with Crippen LogP contribution in [0, 0.1) is 22.0 Å². The standard InChI is InChI=1S/C9H15NO4/c1-6-7(9(11)14-2)4-3-5-8(6)10(12)13/h6-8H,3-5H2,1-2H3. The Morgan fingerprint density at radius 3 is 2.64 bits per heavy atom. The van der Waals surface area contributed by atoms with Gasteiger partial charge in [0.25, 0.3) is 0 Å². The molecule has 0 aromatic heterocycles. The highest BCUT2D eigenvalue weighted by Crippen LogP contribution is 2.32. The summed E-state index contributed by atoms with van der Waals surface area (Å²) in [7, 11) is 1.32. The molecule has 1 rings (SSSR count). The van der Waals surface area contributed by atoms with Crippen LogP contribution < -0.4 is 0 Å². The Morgan fingerprint density at radius 2 is 2.14 bits per heavy atom. The van der Waals surface area contributed by atoms with Crippen LogP contribution in [-0.2, 0) is 9.53 Å². The minimum absolute atomic E-state index is 0.216. The molecule has 5 heteroatoms. The number of hydrogen-bond donors (Lipinski definition) is 0. The monoisotopic (exact) mass is 201 g/mol. The fourth-order valence-corrected chi connectivity index (χ4v) is 2.12. The maximum absolute atomic E-state index is 11.3. The molecule has 0 N–H and O–H groups in total. The zero-order valence-electron chi connectivity index (χ0n) is 8.43. The van der Waals surface area contributed by atoms with E-state index in [2.05, 4.69) is 4.74 Å². The molecule has 0 aromatic rings. The van der Waals surface area contributed by atoms with E-state index in [-0.39, 0.29) is 22.7 Å². The maximum Gasteiger partial charge on any atom is 0.309 e. The van der Waals surface area contributed by atoms with Crippen LogP contribution in [0.3, 0.4) is 0 Å². The van der Waals surface area contributed by atoms with Crippen LogP contribution in [0.25, 0.3) is 0 Å². The summed E-state index contributed by atoms with van der Waals surface area (Å²) in [6.07, 6.45) is 2.01. The Kier molecular flexibility index (Phi) is 3.43. The van der Waals surface area contributed by atoms with Gasteiger partial charge in [-0.1, -0.05) is 6.92 Å². The van der Waals surface area contributed by atoms with Crippen LogP contribution in [0.1, 0.15) is 26.2 Å². The first kappa shape index (κ1) is 10.9. The molecule has 1 fully saturated rings. The van der Waals surface area contributed by atoms with E-state index < -0.39 is 6.04 Å². The second kappa shape index (κ2) is 4.39. The van der Waals surface area contributed by atoms with Crippen molar-refractivity contribution in [3.63, 3.8) is 0 Å². The third-order valence-corrected chi connectivity index (χ3v) is 3.03. The van der Waals surface area contributed by atoms with Crippen LogP contribution in [-0.4, -0.2) is 24.0 Å². The summed E-state index contributed by atoms with van der Waals surface area (Å²) in [4.78, 5) is 21.7. The lowest BCUT2D eigenvalue weighted by molar-refractivity contribution is -0.536. The molecule has 5 nitrogen and oxygen atoms in total. The largest absolute Gasteiger partial charge is 0.469 e. The van der Waals surface area contributed by atoms with E-state index in [0.717, 1.165) is 6.42 Å². The molecule has 1 saturated carbocycles. The number of nitro groups is 1. The molecular weight excluding hydrogens is 186 g/mol. The lowest BCUT2D eigenvalue weighted by atomic mass is 9.77. The molecule has 1 aliphatic carbocycles. The highest BCUT2D eigenvalue weighted by Gasteiger charge is 2.41. The summed E-state index contributed by atoms with van der Waals surface area (Å²) in [5.41, 5.74) is 0. The molecule has 0 heterocycles. The second-order valence-corrected chi connectivity index (χ2v) is 3.77. The Balaban J connectivity index is 2.70. The molecule has 3 unspecified atom stereocenters. The van der Waals surface area contributed by atoms with Gasteiger partial charge in [-0.3, -0.25) is 14.9 Å². The first-order valence-corrected chi connectivity index (χ1v) is 4.79. The van der Waals surface area contributed by atoms with Gasteiger partial charge in [0.2, 0.25) is 6.04 Å². The predicted molar refractivity (Wildman–Crippen MR) is 49.3 cm³/mol.